The average molecular weight is 373 g/mol. The van der Waals surface area contributed by atoms with Crippen molar-refractivity contribution in [2.24, 2.45) is 5.92 Å². The highest BCUT2D eigenvalue weighted by Crippen LogP contribution is 2.25. The van der Waals surface area contributed by atoms with Gasteiger partial charge in [0.05, 0.1) is 13.7 Å². The molecule has 2 aliphatic rings. The van der Waals surface area contributed by atoms with Crippen LogP contribution >= 0.6 is 0 Å². The summed E-state index contributed by atoms with van der Waals surface area (Å²) < 4.78 is 5.18. The van der Waals surface area contributed by atoms with Crippen molar-refractivity contribution in [3.63, 3.8) is 0 Å². The second-order valence-corrected chi connectivity index (χ2v) is 7.63. The van der Waals surface area contributed by atoms with Gasteiger partial charge in [0.25, 0.3) is 5.91 Å². The van der Waals surface area contributed by atoms with Crippen LogP contribution in [-0.4, -0.2) is 78.3 Å². The second kappa shape index (κ2) is 7.58. The van der Waals surface area contributed by atoms with E-state index in [0.29, 0.717) is 36.7 Å². The summed E-state index contributed by atoms with van der Waals surface area (Å²) in [6, 6.07) is 5.95. The number of amides is 3. The Balaban J connectivity index is 1.77. The lowest BCUT2D eigenvalue weighted by molar-refractivity contribution is -0.163. The summed E-state index contributed by atoms with van der Waals surface area (Å²) in [4.78, 5) is 43.5. The van der Waals surface area contributed by atoms with Gasteiger partial charge in [-0.05, 0) is 30.5 Å². The van der Waals surface area contributed by atoms with E-state index in [1.165, 1.54) is 0 Å². The molecule has 7 heteroatoms. The van der Waals surface area contributed by atoms with Crippen LogP contribution < -0.4 is 4.74 Å². The summed E-state index contributed by atoms with van der Waals surface area (Å²) in [5, 5.41) is 0. The molecule has 3 rings (SSSR count). The zero-order valence-corrected chi connectivity index (χ0v) is 16.3. The predicted molar refractivity (Wildman–Crippen MR) is 100 cm³/mol. The Bertz CT molecular complexity index is 748. The molecule has 2 saturated heterocycles. The summed E-state index contributed by atoms with van der Waals surface area (Å²) in [6.07, 6.45) is 0.650. The van der Waals surface area contributed by atoms with Crippen LogP contribution in [0.2, 0.25) is 0 Å². The minimum Gasteiger partial charge on any atom is -0.497 e. The van der Waals surface area contributed by atoms with E-state index in [4.69, 9.17) is 4.74 Å². The molecule has 0 radical (unpaired) electrons. The maximum absolute atomic E-state index is 12.9. The number of carbonyl (C=O) groups excluding carboxylic acids is 3. The van der Waals surface area contributed by atoms with Crippen LogP contribution in [0.5, 0.6) is 5.75 Å². The molecule has 0 bridgehead atoms. The van der Waals surface area contributed by atoms with Crippen LogP contribution in [0.25, 0.3) is 0 Å². The zero-order valence-electron chi connectivity index (χ0n) is 16.3. The fraction of sp³-hybridized carbons (Fsp3) is 0.550. The standard InChI is InChI=1S/C20H27N3O4/c1-13(2)10-16-20(26)23-9-8-22(12-17(23)19(25)21(16)3)18(24)14-6-5-7-15(11-14)27-4/h5-7,11,13,16-17H,8-10,12H2,1-4H3/t16-,17+/m0/s1. The average Bonchev–Trinajstić information content (AvgIpc) is 2.68. The molecule has 0 N–H and O–H groups in total. The number of likely N-dealkylation sites (N-methyl/N-ethyl adjacent to an activating group) is 1. The Morgan fingerprint density at radius 3 is 2.63 bits per heavy atom. The third-order valence-corrected chi connectivity index (χ3v) is 5.35. The number of methoxy groups -OCH3 is 1. The molecule has 7 nitrogen and oxygen atoms in total. The number of rotatable bonds is 4. The lowest BCUT2D eigenvalue weighted by Gasteiger charge is -2.48. The van der Waals surface area contributed by atoms with Crippen molar-refractivity contribution in [1.29, 1.82) is 0 Å². The number of carbonyl (C=O) groups is 3. The molecule has 0 aliphatic carbocycles. The van der Waals surface area contributed by atoms with Gasteiger partial charge in [-0.15, -0.1) is 0 Å². The molecule has 0 spiro atoms. The predicted octanol–water partition coefficient (Wildman–Crippen LogP) is 1.23. The molecule has 0 saturated carbocycles. The first-order chi connectivity index (χ1) is 12.8. The van der Waals surface area contributed by atoms with Gasteiger partial charge in [0.1, 0.15) is 17.8 Å². The summed E-state index contributed by atoms with van der Waals surface area (Å²) in [5.41, 5.74) is 0.517. The molecular formula is C20H27N3O4. The van der Waals surface area contributed by atoms with Gasteiger partial charge >= 0.3 is 0 Å². The summed E-state index contributed by atoms with van der Waals surface area (Å²) >= 11 is 0. The van der Waals surface area contributed by atoms with Crippen LogP contribution in [0, 0.1) is 5.92 Å². The zero-order chi connectivity index (χ0) is 19.7. The van der Waals surface area contributed by atoms with Gasteiger partial charge in [0.2, 0.25) is 11.8 Å². The van der Waals surface area contributed by atoms with Crippen LogP contribution in [-0.2, 0) is 9.59 Å². The third-order valence-electron chi connectivity index (χ3n) is 5.35. The summed E-state index contributed by atoms with van der Waals surface area (Å²) in [7, 11) is 3.24. The Hall–Kier alpha value is -2.57. The second-order valence-electron chi connectivity index (χ2n) is 7.63. The van der Waals surface area contributed by atoms with Gasteiger partial charge in [-0.3, -0.25) is 14.4 Å². The van der Waals surface area contributed by atoms with Gasteiger partial charge in [-0.25, -0.2) is 0 Å². The van der Waals surface area contributed by atoms with Gasteiger partial charge in [-0.2, -0.15) is 0 Å². The Kier molecular flexibility index (Phi) is 5.39. The van der Waals surface area contributed by atoms with Crippen LogP contribution in [0.1, 0.15) is 30.6 Å². The minimum absolute atomic E-state index is 0.00993. The first-order valence-corrected chi connectivity index (χ1v) is 9.34. The molecule has 146 valence electrons. The van der Waals surface area contributed by atoms with E-state index in [1.54, 1.807) is 53.1 Å². The van der Waals surface area contributed by atoms with Crippen molar-refractivity contribution in [1.82, 2.24) is 14.7 Å². The number of hydrogen-bond acceptors (Lipinski definition) is 4. The molecule has 1 aromatic rings. The smallest absolute Gasteiger partial charge is 0.254 e. The van der Waals surface area contributed by atoms with Crippen LogP contribution in [0.4, 0.5) is 0 Å². The van der Waals surface area contributed by atoms with E-state index in [-0.39, 0.29) is 24.3 Å². The van der Waals surface area contributed by atoms with E-state index in [2.05, 4.69) is 0 Å². The molecule has 27 heavy (non-hydrogen) atoms. The van der Waals surface area contributed by atoms with E-state index in [1.807, 2.05) is 13.8 Å². The van der Waals surface area contributed by atoms with E-state index < -0.39 is 12.1 Å². The van der Waals surface area contributed by atoms with Crippen molar-refractivity contribution < 1.29 is 19.1 Å². The molecular weight excluding hydrogens is 346 g/mol. The molecule has 0 unspecified atom stereocenters. The number of fused-ring (bicyclic) bond motifs is 1. The molecule has 2 fully saturated rings. The molecule has 2 heterocycles. The van der Waals surface area contributed by atoms with Crippen molar-refractivity contribution >= 4 is 17.7 Å². The molecule has 2 atom stereocenters. The Morgan fingerprint density at radius 2 is 1.96 bits per heavy atom. The fourth-order valence-corrected chi connectivity index (χ4v) is 3.83. The van der Waals surface area contributed by atoms with Crippen molar-refractivity contribution in [2.75, 3.05) is 33.8 Å². The number of nitrogens with zero attached hydrogens (tertiary/aromatic N) is 3. The molecule has 1 aromatic carbocycles. The largest absolute Gasteiger partial charge is 0.497 e. The summed E-state index contributed by atoms with van der Waals surface area (Å²) in [6.45, 7) is 5.11. The Labute approximate surface area is 159 Å². The minimum atomic E-state index is -0.603. The lowest BCUT2D eigenvalue weighted by Crippen LogP contribution is -2.69. The fourth-order valence-electron chi connectivity index (χ4n) is 3.83. The number of hydrogen-bond donors (Lipinski definition) is 0. The quantitative estimate of drug-likeness (QED) is 0.796. The highest BCUT2D eigenvalue weighted by atomic mass is 16.5. The van der Waals surface area contributed by atoms with Gasteiger partial charge < -0.3 is 19.4 Å². The van der Waals surface area contributed by atoms with Crippen LogP contribution in [0.3, 0.4) is 0 Å². The van der Waals surface area contributed by atoms with Gasteiger partial charge in [0.15, 0.2) is 0 Å². The van der Waals surface area contributed by atoms with E-state index >= 15 is 0 Å². The number of benzene rings is 1. The maximum Gasteiger partial charge on any atom is 0.254 e. The van der Waals surface area contributed by atoms with E-state index in [0.717, 1.165) is 0 Å². The van der Waals surface area contributed by atoms with E-state index in [9.17, 15) is 14.4 Å². The van der Waals surface area contributed by atoms with Crippen LogP contribution in [0.15, 0.2) is 24.3 Å². The monoisotopic (exact) mass is 373 g/mol. The van der Waals surface area contributed by atoms with Crippen molar-refractivity contribution in [3.8, 4) is 5.75 Å². The van der Waals surface area contributed by atoms with Gasteiger partial charge in [-0.1, -0.05) is 19.9 Å². The molecule has 2 aliphatic heterocycles. The highest BCUT2D eigenvalue weighted by Gasteiger charge is 2.47. The van der Waals surface area contributed by atoms with Gasteiger partial charge in [0, 0.05) is 25.7 Å². The first kappa shape index (κ1) is 19.2. The maximum atomic E-state index is 12.9. The van der Waals surface area contributed by atoms with Crippen molar-refractivity contribution in [2.45, 2.75) is 32.4 Å². The Morgan fingerprint density at radius 1 is 1.22 bits per heavy atom. The summed E-state index contributed by atoms with van der Waals surface area (Å²) in [5.74, 6) is 0.676. The topological polar surface area (TPSA) is 70.2 Å². The molecule has 3 amide bonds. The lowest BCUT2D eigenvalue weighted by atomic mass is 9.95. The van der Waals surface area contributed by atoms with Crippen molar-refractivity contribution in [3.05, 3.63) is 29.8 Å². The normalized spacial score (nSPS) is 22.9. The SMILES string of the molecule is COc1cccc(C(=O)N2CCN3C(=O)[C@H](CC(C)C)N(C)C(=O)[C@H]3C2)c1. The highest BCUT2D eigenvalue weighted by molar-refractivity contribution is 5.99. The number of piperazine rings is 2. The molecule has 0 aromatic heterocycles. The first-order valence-electron chi connectivity index (χ1n) is 9.34. The third kappa shape index (κ3) is 3.63. The number of ether oxygens (including phenoxy) is 1.